The fourth-order valence-electron chi connectivity index (χ4n) is 5.98. The molecule has 0 saturated heterocycles. The van der Waals surface area contributed by atoms with Crippen molar-refractivity contribution in [2.24, 2.45) is 0 Å². The molecule has 0 unspecified atom stereocenters. The second-order valence-corrected chi connectivity index (χ2v) is 10.5. The van der Waals surface area contributed by atoms with E-state index >= 15 is 0 Å². The summed E-state index contributed by atoms with van der Waals surface area (Å²) in [7, 11) is 0. The Labute approximate surface area is 242 Å². The lowest BCUT2D eigenvalue weighted by Gasteiger charge is -2.31. The first-order valence-corrected chi connectivity index (χ1v) is 14.3. The van der Waals surface area contributed by atoms with E-state index in [4.69, 9.17) is 0 Å². The average molecular weight is 526 g/mol. The number of anilines is 2. The first-order valence-electron chi connectivity index (χ1n) is 14.3. The molecule has 41 heavy (non-hydrogen) atoms. The molecule has 1 nitrogen and oxygen atoms in total. The Morgan fingerprint density at radius 3 is 1.95 bits per heavy atom. The van der Waals surface area contributed by atoms with Gasteiger partial charge in [0.25, 0.3) is 0 Å². The predicted molar refractivity (Wildman–Crippen MR) is 175 cm³/mol. The van der Waals surface area contributed by atoms with Crippen LogP contribution >= 0.6 is 0 Å². The van der Waals surface area contributed by atoms with Gasteiger partial charge in [-0.25, -0.2) is 0 Å². The van der Waals surface area contributed by atoms with Gasteiger partial charge in [-0.2, -0.15) is 0 Å². The first-order chi connectivity index (χ1) is 20.3. The molecule has 0 amide bonds. The molecule has 7 rings (SSSR count). The van der Waals surface area contributed by atoms with Crippen LogP contribution in [0.25, 0.3) is 38.6 Å². The summed E-state index contributed by atoms with van der Waals surface area (Å²) in [4.78, 5) is 2.45. The van der Waals surface area contributed by atoms with Crippen LogP contribution in [0.3, 0.4) is 0 Å². The third kappa shape index (κ3) is 4.99. The fraction of sp³-hybridized carbons (Fsp3) is 0.0500. The monoisotopic (exact) mass is 525 g/mol. The van der Waals surface area contributed by atoms with Crippen molar-refractivity contribution in [3.8, 4) is 22.3 Å². The molecule has 196 valence electrons. The van der Waals surface area contributed by atoms with Crippen LogP contribution in [0.4, 0.5) is 11.4 Å². The van der Waals surface area contributed by atoms with Gasteiger partial charge < -0.3 is 4.90 Å². The van der Waals surface area contributed by atoms with Crippen LogP contribution in [0.5, 0.6) is 0 Å². The van der Waals surface area contributed by atoms with Gasteiger partial charge in [-0.3, -0.25) is 0 Å². The highest BCUT2D eigenvalue weighted by atomic mass is 15.2. The molecule has 6 aromatic rings. The summed E-state index contributed by atoms with van der Waals surface area (Å²) in [6.45, 7) is 0. The van der Waals surface area contributed by atoms with Gasteiger partial charge >= 0.3 is 0 Å². The lowest BCUT2D eigenvalue weighted by molar-refractivity contribution is 0.921. The topological polar surface area (TPSA) is 3.24 Å². The predicted octanol–water partition coefficient (Wildman–Crippen LogP) is 11.1. The molecule has 0 spiro atoms. The van der Waals surface area contributed by atoms with E-state index < -0.39 is 0 Å². The van der Waals surface area contributed by atoms with Gasteiger partial charge in [0.2, 0.25) is 0 Å². The average Bonchev–Trinajstić information content (AvgIpc) is 3.06. The van der Waals surface area contributed by atoms with E-state index in [-0.39, 0.29) is 0 Å². The highest BCUT2D eigenvalue weighted by Crippen LogP contribution is 2.42. The van der Waals surface area contributed by atoms with Crippen molar-refractivity contribution in [1.82, 2.24) is 0 Å². The summed E-state index contributed by atoms with van der Waals surface area (Å²) >= 11 is 0. The van der Waals surface area contributed by atoms with Crippen molar-refractivity contribution in [1.29, 1.82) is 0 Å². The molecule has 0 atom stereocenters. The quantitative estimate of drug-likeness (QED) is 0.209. The van der Waals surface area contributed by atoms with Crippen LogP contribution in [0, 0.1) is 0 Å². The number of fused-ring (bicyclic) bond motifs is 1. The molecule has 1 aliphatic carbocycles. The van der Waals surface area contributed by atoms with E-state index in [0.717, 1.165) is 12.8 Å². The summed E-state index contributed by atoms with van der Waals surface area (Å²) in [5.41, 5.74) is 11.1. The molecule has 1 heteroatoms. The normalized spacial score (nSPS) is 13.0. The number of hydrogen-bond donors (Lipinski definition) is 0. The zero-order valence-corrected chi connectivity index (χ0v) is 22.9. The van der Waals surface area contributed by atoms with E-state index in [2.05, 4.69) is 169 Å². The van der Waals surface area contributed by atoms with Crippen molar-refractivity contribution < 1.29 is 0 Å². The van der Waals surface area contributed by atoms with Crippen LogP contribution in [-0.4, -0.2) is 0 Å². The van der Waals surface area contributed by atoms with Gasteiger partial charge in [0.05, 0.1) is 5.69 Å². The Morgan fingerprint density at radius 1 is 0.488 bits per heavy atom. The Morgan fingerprint density at radius 2 is 1.10 bits per heavy atom. The van der Waals surface area contributed by atoms with Crippen LogP contribution in [0.1, 0.15) is 18.4 Å². The van der Waals surface area contributed by atoms with Crippen LogP contribution in [0.15, 0.2) is 170 Å². The van der Waals surface area contributed by atoms with Gasteiger partial charge in [0, 0.05) is 16.9 Å². The number of benzene rings is 6. The molecule has 0 radical (unpaired) electrons. The van der Waals surface area contributed by atoms with Crippen LogP contribution in [-0.2, 0) is 0 Å². The fourth-order valence-corrected chi connectivity index (χ4v) is 5.98. The second-order valence-electron chi connectivity index (χ2n) is 10.5. The molecule has 6 aromatic carbocycles. The minimum atomic E-state index is 0.982. The Kier molecular flexibility index (Phi) is 6.77. The Balaban J connectivity index is 1.36. The number of allylic oxidation sites excluding steroid dienone is 4. The van der Waals surface area contributed by atoms with Crippen molar-refractivity contribution in [2.45, 2.75) is 12.8 Å². The maximum atomic E-state index is 2.45. The van der Waals surface area contributed by atoms with Gasteiger partial charge in [0.1, 0.15) is 0 Å². The molecule has 0 fully saturated rings. The summed E-state index contributed by atoms with van der Waals surface area (Å²) in [6.07, 6.45) is 6.73. The SMILES string of the molecule is C1=C(c2ccccc2)C=C(N(c2ccccc2)c2ccccc2-c2cccc(-c3cccc4ccccc34)c2)CC1. The highest BCUT2D eigenvalue weighted by molar-refractivity contribution is 5.97. The summed E-state index contributed by atoms with van der Waals surface area (Å²) in [5, 5.41) is 2.54. The Bertz CT molecular complexity index is 1870. The molecular weight excluding hydrogens is 494 g/mol. The molecule has 0 heterocycles. The summed E-state index contributed by atoms with van der Waals surface area (Å²) < 4.78 is 0. The van der Waals surface area contributed by atoms with Gasteiger partial charge in [0.15, 0.2) is 0 Å². The lowest BCUT2D eigenvalue weighted by Crippen LogP contribution is -2.18. The third-order valence-electron chi connectivity index (χ3n) is 7.91. The van der Waals surface area contributed by atoms with E-state index in [9.17, 15) is 0 Å². The van der Waals surface area contributed by atoms with Gasteiger partial charge in [-0.05, 0) is 81.8 Å². The maximum absolute atomic E-state index is 2.45. The molecule has 0 aliphatic heterocycles. The lowest BCUT2D eigenvalue weighted by atomic mass is 9.93. The zero-order chi connectivity index (χ0) is 27.4. The second kappa shape index (κ2) is 11.2. The standard InChI is InChI=1S/C40H31N/c1-3-14-30(15-4-1)32-18-12-23-36(29-32)41(35-21-5-2-6-22-35)40-27-10-9-25-39(40)34-20-11-19-33(28-34)38-26-13-17-31-16-7-8-24-37(31)38/h1-11,13-22,24-29H,12,23H2. The maximum Gasteiger partial charge on any atom is 0.0536 e. The van der Waals surface area contributed by atoms with E-state index in [1.54, 1.807) is 0 Å². The van der Waals surface area contributed by atoms with Crippen LogP contribution < -0.4 is 4.90 Å². The first kappa shape index (κ1) is 24.9. The third-order valence-corrected chi connectivity index (χ3v) is 7.91. The highest BCUT2D eigenvalue weighted by Gasteiger charge is 2.21. The smallest absolute Gasteiger partial charge is 0.0536 e. The van der Waals surface area contributed by atoms with E-state index in [1.165, 1.54) is 61.2 Å². The zero-order valence-electron chi connectivity index (χ0n) is 22.9. The molecule has 0 N–H and O–H groups in total. The molecular formula is C40H31N. The number of rotatable bonds is 6. The molecule has 0 aromatic heterocycles. The largest absolute Gasteiger partial charge is 0.314 e. The van der Waals surface area contributed by atoms with Gasteiger partial charge in [-0.15, -0.1) is 0 Å². The van der Waals surface area contributed by atoms with Crippen molar-refractivity contribution in [3.05, 3.63) is 175 Å². The Hall–Kier alpha value is -5.14. The van der Waals surface area contributed by atoms with Gasteiger partial charge in [-0.1, -0.05) is 133 Å². The number of hydrogen-bond acceptors (Lipinski definition) is 1. The molecule has 0 saturated carbocycles. The summed E-state index contributed by atoms with van der Waals surface area (Å²) in [6, 6.07) is 54.5. The minimum absolute atomic E-state index is 0.982. The van der Waals surface area contributed by atoms with E-state index in [0.29, 0.717) is 0 Å². The van der Waals surface area contributed by atoms with Crippen molar-refractivity contribution >= 4 is 27.7 Å². The molecule has 1 aliphatic rings. The van der Waals surface area contributed by atoms with Crippen molar-refractivity contribution in [3.63, 3.8) is 0 Å². The summed E-state index contributed by atoms with van der Waals surface area (Å²) in [5.74, 6) is 0. The van der Waals surface area contributed by atoms with Crippen molar-refractivity contribution in [2.75, 3.05) is 4.90 Å². The minimum Gasteiger partial charge on any atom is -0.314 e. The van der Waals surface area contributed by atoms with E-state index in [1.807, 2.05) is 0 Å². The molecule has 0 bridgehead atoms. The number of nitrogens with zero attached hydrogens (tertiary/aromatic N) is 1. The van der Waals surface area contributed by atoms with Crippen LogP contribution in [0.2, 0.25) is 0 Å². The number of para-hydroxylation sites is 2.